The van der Waals surface area contributed by atoms with Crippen molar-refractivity contribution in [2.75, 3.05) is 20.2 Å². The maximum Gasteiger partial charge on any atom is 0.251 e. The Labute approximate surface area is 79.8 Å². The first-order valence-electron chi connectivity index (χ1n) is 4.58. The lowest BCUT2D eigenvalue weighted by molar-refractivity contribution is -0.139. The summed E-state index contributed by atoms with van der Waals surface area (Å²) < 4.78 is 5.02. The first-order valence-corrected chi connectivity index (χ1v) is 4.58. The molecule has 0 aliphatic heterocycles. The molecule has 78 valence electrons. The maximum atomic E-state index is 11.4. The van der Waals surface area contributed by atoms with E-state index in [9.17, 15) is 4.79 Å². The molecule has 1 amide bonds. The number of methoxy groups -OCH3 is 1. The van der Waals surface area contributed by atoms with Gasteiger partial charge in [-0.3, -0.25) is 4.79 Å². The number of carbonyl (C=O) groups is 1. The highest BCUT2D eigenvalue weighted by atomic mass is 16.5. The number of ether oxygens (including phenoxy) is 1. The molecule has 0 aliphatic rings. The lowest BCUT2D eigenvalue weighted by Crippen LogP contribution is -2.43. The van der Waals surface area contributed by atoms with Gasteiger partial charge in [-0.25, -0.2) is 0 Å². The van der Waals surface area contributed by atoms with Gasteiger partial charge in [0.05, 0.1) is 0 Å². The fourth-order valence-corrected chi connectivity index (χ4v) is 0.777. The summed E-state index contributed by atoms with van der Waals surface area (Å²) in [7, 11) is 1.53. The number of hydrogen-bond donors (Lipinski definition) is 2. The van der Waals surface area contributed by atoms with Crippen LogP contribution in [0.1, 0.15) is 26.7 Å². The van der Waals surface area contributed by atoms with Crippen LogP contribution in [0, 0.1) is 0 Å². The molecule has 0 radical (unpaired) electrons. The maximum absolute atomic E-state index is 11.4. The normalized spacial score (nSPS) is 11.4. The zero-order chi connectivity index (χ0) is 10.3. The highest BCUT2D eigenvalue weighted by Gasteiger charge is 2.25. The van der Waals surface area contributed by atoms with Gasteiger partial charge in [0.25, 0.3) is 5.91 Å². The molecule has 0 spiro atoms. The Morgan fingerprint density at radius 2 is 2.08 bits per heavy atom. The SMILES string of the molecule is COC(C)(C)C(=O)NCCCCN. The van der Waals surface area contributed by atoms with Crippen molar-refractivity contribution in [3.63, 3.8) is 0 Å². The van der Waals surface area contributed by atoms with Crippen LogP contribution in [0.2, 0.25) is 0 Å². The topological polar surface area (TPSA) is 64.3 Å². The number of rotatable bonds is 6. The van der Waals surface area contributed by atoms with Crippen LogP contribution < -0.4 is 11.1 Å². The zero-order valence-electron chi connectivity index (χ0n) is 8.72. The number of carbonyl (C=O) groups excluding carboxylic acids is 1. The van der Waals surface area contributed by atoms with Gasteiger partial charge in [0.2, 0.25) is 0 Å². The highest BCUT2D eigenvalue weighted by Crippen LogP contribution is 2.06. The molecule has 3 N–H and O–H groups in total. The van der Waals surface area contributed by atoms with E-state index in [0.717, 1.165) is 12.8 Å². The zero-order valence-corrected chi connectivity index (χ0v) is 8.72. The second-order valence-corrected chi connectivity index (χ2v) is 3.47. The molecule has 0 fully saturated rings. The predicted molar refractivity (Wildman–Crippen MR) is 52.4 cm³/mol. The molecule has 13 heavy (non-hydrogen) atoms. The summed E-state index contributed by atoms with van der Waals surface area (Å²) >= 11 is 0. The third-order valence-electron chi connectivity index (χ3n) is 1.97. The Balaban J connectivity index is 3.62. The van der Waals surface area contributed by atoms with E-state index in [1.54, 1.807) is 13.8 Å². The van der Waals surface area contributed by atoms with E-state index in [1.807, 2.05) is 0 Å². The van der Waals surface area contributed by atoms with Crippen molar-refractivity contribution >= 4 is 5.91 Å². The Kier molecular flexibility index (Phi) is 5.66. The summed E-state index contributed by atoms with van der Waals surface area (Å²) in [5.74, 6) is -0.0768. The first kappa shape index (κ1) is 12.4. The Morgan fingerprint density at radius 3 is 2.54 bits per heavy atom. The minimum atomic E-state index is -0.733. The van der Waals surface area contributed by atoms with Gasteiger partial charge >= 0.3 is 0 Å². The van der Waals surface area contributed by atoms with Crippen molar-refractivity contribution in [3.05, 3.63) is 0 Å². The molecule has 4 heteroatoms. The highest BCUT2D eigenvalue weighted by molar-refractivity contribution is 5.84. The van der Waals surface area contributed by atoms with Crippen molar-refractivity contribution < 1.29 is 9.53 Å². The average molecular weight is 188 g/mol. The molecule has 0 saturated heterocycles. The third kappa shape index (κ3) is 4.85. The summed E-state index contributed by atoms with van der Waals surface area (Å²) in [6, 6.07) is 0. The minimum absolute atomic E-state index is 0.0768. The fraction of sp³-hybridized carbons (Fsp3) is 0.889. The van der Waals surface area contributed by atoms with Crippen LogP contribution in [-0.4, -0.2) is 31.7 Å². The van der Waals surface area contributed by atoms with Gasteiger partial charge in [-0.2, -0.15) is 0 Å². The fourth-order valence-electron chi connectivity index (χ4n) is 0.777. The molecule has 0 saturated carbocycles. The van der Waals surface area contributed by atoms with Crippen LogP contribution in [0.3, 0.4) is 0 Å². The van der Waals surface area contributed by atoms with Gasteiger partial charge in [0.1, 0.15) is 5.60 Å². The Bertz CT molecular complexity index is 158. The van der Waals surface area contributed by atoms with Crippen LogP contribution in [0.15, 0.2) is 0 Å². The first-order chi connectivity index (χ1) is 6.04. The van der Waals surface area contributed by atoms with Crippen molar-refractivity contribution in [2.45, 2.75) is 32.3 Å². The number of nitrogens with two attached hydrogens (primary N) is 1. The molecule has 0 rings (SSSR count). The lowest BCUT2D eigenvalue weighted by atomic mass is 10.1. The van der Waals surface area contributed by atoms with Gasteiger partial charge in [-0.05, 0) is 33.2 Å². The Morgan fingerprint density at radius 1 is 1.46 bits per heavy atom. The van der Waals surface area contributed by atoms with Crippen molar-refractivity contribution in [1.82, 2.24) is 5.32 Å². The molecular formula is C9H20N2O2. The lowest BCUT2D eigenvalue weighted by Gasteiger charge is -2.21. The third-order valence-corrected chi connectivity index (χ3v) is 1.97. The largest absolute Gasteiger partial charge is 0.369 e. The van der Waals surface area contributed by atoms with Crippen molar-refractivity contribution in [1.29, 1.82) is 0 Å². The van der Waals surface area contributed by atoms with Crippen molar-refractivity contribution in [2.24, 2.45) is 5.73 Å². The van der Waals surface area contributed by atoms with Gasteiger partial charge in [0.15, 0.2) is 0 Å². The van der Waals surface area contributed by atoms with Crippen LogP contribution >= 0.6 is 0 Å². The molecule has 4 nitrogen and oxygen atoms in total. The molecule has 0 aliphatic carbocycles. The molecule has 0 aromatic heterocycles. The number of unbranched alkanes of at least 4 members (excludes halogenated alkanes) is 1. The second-order valence-electron chi connectivity index (χ2n) is 3.47. The second kappa shape index (κ2) is 5.94. The Hall–Kier alpha value is -0.610. The molecule has 0 aromatic rings. The van der Waals surface area contributed by atoms with E-state index in [0.29, 0.717) is 13.1 Å². The summed E-state index contributed by atoms with van der Waals surface area (Å²) in [6.45, 7) is 4.82. The van der Waals surface area contributed by atoms with Crippen LogP contribution in [0.5, 0.6) is 0 Å². The van der Waals surface area contributed by atoms with Gasteiger partial charge < -0.3 is 15.8 Å². The van der Waals surface area contributed by atoms with E-state index in [1.165, 1.54) is 7.11 Å². The van der Waals surface area contributed by atoms with E-state index in [-0.39, 0.29) is 5.91 Å². The number of hydrogen-bond acceptors (Lipinski definition) is 3. The van der Waals surface area contributed by atoms with Gasteiger partial charge in [-0.1, -0.05) is 0 Å². The van der Waals surface area contributed by atoms with E-state index in [2.05, 4.69) is 5.32 Å². The number of amides is 1. The summed E-state index contributed by atoms with van der Waals surface area (Å²) in [5, 5.41) is 2.79. The molecule has 0 bridgehead atoms. The van der Waals surface area contributed by atoms with Crippen LogP contribution in [-0.2, 0) is 9.53 Å². The molecular weight excluding hydrogens is 168 g/mol. The van der Waals surface area contributed by atoms with Crippen LogP contribution in [0.25, 0.3) is 0 Å². The molecule has 0 unspecified atom stereocenters. The number of nitrogens with one attached hydrogen (secondary N) is 1. The van der Waals surface area contributed by atoms with Gasteiger partial charge in [0, 0.05) is 13.7 Å². The van der Waals surface area contributed by atoms with Crippen molar-refractivity contribution in [3.8, 4) is 0 Å². The molecule has 0 aromatic carbocycles. The molecule has 0 atom stereocenters. The monoisotopic (exact) mass is 188 g/mol. The van der Waals surface area contributed by atoms with Crippen LogP contribution in [0.4, 0.5) is 0 Å². The summed E-state index contributed by atoms with van der Waals surface area (Å²) in [6.07, 6.45) is 1.86. The quantitative estimate of drug-likeness (QED) is 0.588. The summed E-state index contributed by atoms with van der Waals surface area (Å²) in [5.41, 5.74) is 4.59. The van der Waals surface area contributed by atoms with E-state index in [4.69, 9.17) is 10.5 Å². The summed E-state index contributed by atoms with van der Waals surface area (Å²) in [4.78, 5) is 11.4. The molecule has 0 heterocycles. The van der Waals surface area contributed by atoms with E-state index < -0.39 is 5.60 Å². The smallest absolute Gasteiger partial charge is 0.251 e. The van der Waals surface area contributed by atoms with Gasteiger partial charge in [-0.15, -0.1) is 0 Å². The predicted octanol–water partition coefficient (Wildman–Crippen LogP) is 0.267. The minimum Gasteiger partial charge on any atom is -0.369 e. The van der Waals surface area contributed by atoms with E-state index >= 15 is 0 Å². The average Bonchev–Trinajstić information content (AvgIpc) is 2.12. The standard InChI is InChI=1S/C9H20N2O2/c1-9(2,13-3)8(12)11-7-5-4-6-10/h4-7,10H2,1-3H3,(H,11,12).